The van der Waals surface area contributed by atoms with E-state index in [4.69, 9.17) is 9.47 Å². The molecule has 0 atom stereocenters. The molecule has 106 valence electrons. The van der Waals surface area contributed by atoms with E-state index in [9.17, 15) is 8.42 Å². The summed E-state index contributed by atoms with van der Waals surface area (Å²) in [6.07, 6.45) is 1.20. The number of rotatable bonds is 3. The quantitative estimate of drug-likeness (QED) is 0.915. The minimum Gasteiger partial charge on any atom is -0.378 e. The molecule has 0 amide bonds. The van der Waals surface area contributed by atoms with Crippen LogP contribution >= 0.6 is 0 Å². The van der Waals surface area contributed by atoms with Gasteiger partial charge in [0.2, 0.25) is 0 Å². The van der Waals surface area contributed by atoms with Gasteiger partial charge in [0.15, 0.2) is 15.6 Å². The molecule has 1 aromatic rings. The van der Waals surface area contributed by atoms with E-state index in [-0.39, 0.29) is 6.04 Å². The molecule has 0 saturated carbocycles. The Bertz CT molecular complexity index is 544. The maximum atomic E-state index is 11.5. The number of benzene rings is 1. The van der Waals surface area contributed by atoms with Crippen molar-refractivity contribution in [1.29, 1.82) is 0 Å². The van der Waals surface area contributed by atoms with Crippen molar-refractivity contribution in [3.05, 3.63) is 24.3 Å². The zero-order chi connectivity index (χ0) is 14.1. The Kier molecular flexibility index (Phi) is 3.85. The van der Waals surface area contributed by atoms with E-state index in [1.54, 1.807) is 18.2 Å². The fourth-order valence-electron chi connectivity index (χ4n) is 1.83. The Morgan fingerprint density at radius 2 is 1.89 bits per heavy atom. The minimum atomic E-state index is -3.19. The summed E-state index contributed by atoms with van der Waals surface area (Å²) in [7, 11) is -3.19. The van der Waals surface area contributed by atoms with Crippen LogP contribution in [0.4, 0.5) is 5.69 Å². The molecule has 6 heteroatoms. The molecule has 1 fully saturated rings. The van der Waals surface area contributed by atoms with Gasteiger partial charge >= 0.3 is 0 Å². The summed E-state index contributed by atoms with van der Waals surface area (Å²) in [4.78, 5) is 0.301. The summed E-state index contributed by atoms with van der Waals surface area (Å²) in [5.74, 6) is -0.549. The fourth-order valence-corrected chi connectivity index (χ4v) is 2.49. The summed E-state index contributed by atoms with van der Waals surface area (Å²) >= 11 is 0. The van der Waals surface area contributed by atoms with E-state index in [0.29, 0.717) is 18.1 Å². The van der Waals surface area contributed by atoms with Crippen molar-refractivity contribution in [3.8, 4) is 0 Å². The molecular weight excluding hydrogens is 266 g/mol. The smallest absolute Gasteiger partial charge is 0.175 e. The average Bonchev–Trinajstić information content (AvgIpc) is 2.31. The van der Waals surface area contributed by atoms with E-state index in [1.807, 2.05) is 19.9 Å². The fraction of sp³-hybridized carbons (Fsp3) is 0.538. The van der Waals surface area contributed by atoms with Crippen LogP contribution in [0.1, 0.15) is 13.8 Å². The largest absolute Gasteiger partial charge is 0.378 e. The van der Waals surface area contributed by atoms with Crippen LogP contribution in [-0.2, 0) is 19.3 Å². The monoisotopic (exact) mass is 285 g/mol. The third kappa shape index (κ3) is 3.92. The van der Waals surface area contributed by atoms with E-state index < -0.39 is 15.6 Å². The van der Waals surface area contributed by atoms with E-state index >= 15 is 0 Å². The maximum Gasteiger partial charge on any atom is 0.175 e. The minimum absolute atomic E-state index is 0.0165. The lowest BCUT2D eigenvalue weighted by Crippen LogP contribution is -2.45. The summed E-state index contributed by atoms with van der Waals surface area (Å²) < 4.78 is 34.1. The lowest BCUT2D eigenvalue weighted by Gasteiger charge is -2.35. The van der Waals surface area contributed by atoms with Crippen LogP contribution in [0.5, 0.6) is 0 Å². The van der Waals surface area contributed by atoms with E-state index in [1.165, 1.54) is 6.26 Å². The van der Waals surface area contributed by atoms with Crippen LogP contribution in [0.3, 0.4) is 0 Å². The van der Waals surface area contributed by atoms with Crippen LogP contribution in [-0.4, -0.2) is 39.7 Å². The second-order valence-electron chi connectivity index (χ2n) is 5.16. The molecule has 19 heavy (non-hydrogen) atoms. The van der Waals surface area contributed by atoms with Crippen molar-refractivity contribution in [2.75, 3.05) is 24.8 Å². The van der Waals surface area contributed by atoms with Crippen molar-refractivity contribution < 1.29 is 17.9 Å². The molecular formula is C13H19NO4S. The van der Waals surface area contributed by atoms with Crippen LogP contribution < -0.4 is 5.32 Å². The number of hydrogen-bond donors (Lipinski definition) is 1. The van der Waals surface area contributed by atoms with Crippen LogP contribution in [0, 0.1) is 0 Å². The Morgan fingerprint density at radius 3 is 2.47 bits per heavy atom. The normalized spacial score (nSPS) is 20.2. The second kappa shape index (κ2) is 5.11. The van der Waals surface area contributed by atoms with Crippen molar-refractivity contribution in [2.24, 2.45) is 0 Å². The molecule has 1 aliphatic rings. The Labute approximate surface area is 113 Å². The highest BCUT2D eigenvalue weighted by molar-refractivity contribution is 7.90. The Hall–Kier alpha value is -1.11. The van der Waals surface area contributed by atoms with Gasteiger partial charge in [0.25, 0.3) is 0 Å². The summed E-state index contributed by atoms with van der Waals surface area (Å²) in [6.45, 7) is 4.78. The van der Waals surface area contributed by atoms with Crippen molar-refractivity contribution in [3.63, 3.8) is 0 Å². The SMILES string of the molecule is CC1(C)OCC(Nc2cccc(S(C)(=O)=O)c2)CO1. The third-order valence-corrected chi connectivity index (χ3v) is 4.01. The van der Waals surface area contributed by atoms with E-state index in [2.05, 4.69) is 5.32 Å². The Morgan fingerprint density at radius 1 is 1.26 bits per heavy atom. The molecule has 1 aliphatic heterocycles. The third-order valence-electron chi connectivity index (χ3n) is 2.90. The van der Waals surface area contributed by atoms with Gasteiger partial charge in [-0.3, -0.25) is 0 Å². The van der Waals surface area contributed by atoms with E-state index in [0.717, 1.165) is 5.69 Å². The lowest BCUT2D eigenvalue weighted by atomic mass is 10.2. The van der Waals surface area contributed by atoms with Gasteiger partial charge in [0, 0.05) is 11.9 Å². The van der Waals surface area contributed by atoms with Crippen LogP contribution in [0.2, 0.25) is 0 Å². The first-order chi connectivity index (χ1) is 8.76. The summed E-state index contributed by atoms with van der Waals surface area (Å²) in [6, 6.07) is 6.76. The van der Waals surface area contributed by atoms with Gasteiger partial charge in [-0.25, -0.2) is 8.42 Å². The molecule has 5 nitrogen and oxygen atoms in total. The number of sulfone groups is 1. The number of ether oxygens (including phenoxy) is 2. The zero-order valence-corrected chi connectivity index (χ0v) is 12.2. The van der Waals surface area contributed by atoms with Gasteiger partial charge in [-0.05, 0) is 32.0 Å². The van der Waals surface area contributed by atoms with Crippen molar-refractivity contribution in [2.45, 2.75) is 30.6 Å². The molecule has 1 saturated heterocycles. The van der Waals surface area contributed by atoms with Crippen molar-refractivity contribution >= 4 is 15.5 Å². The zero-order valence-electron chi connectivity index (χ0n) is 11.3. The van der Waals surface area contributed by atoms with Crippen molar-refractivity contribution in [1.82, 2.24) is 0 Å². The molecule has 0 spiro atoms. The molecule has 0 radical (unpaired) electrons. The highest BCUT2D eigenvalue weighted by Crippen LogP contribution is 2.21. The maximum absolute atomic E-state index is 11.5. The summed E-state index contributed by atoms with van der Waals surface area (Å²) in [5.41, 5.74) is 0.750. The summed E-state index contributed by atoms with van der Waals surface area (Å²) in [5, 5.41) is 3.22. The number of hydrogen-bond acceptors (Lipinski definition) is 5. The predicted molar refractivity (Wildman–Crippen MR) is 72.9 cm³/mol. The molecule has 1 aromatic carbocycles. The van der Waals surface area contributed by atoms with Crippen LogP contribution in [0.25, 0.3) is 0 Å². The molecule has 0 aliphatic carbocycles. The molecule has 2 rings (SSSR count). The van der Waals surface area contributed by atoms with Crippen LogP contribution in [0.15, 0.2) is 29.2 Å². The predicted octanol–water partition coefficient (Wildman–Crippen LogP) is 1.65. The van der Waals surface area contributed by atoms with Gasteiger partial charge in [-0.1, -0.05) is 6.07 Å². The Balaban J connectivity index is 2.05. The van der Waals surface area contributed by atoms with Gasteiger partial charge in [-0.2, -0.15) is 0 Å². The molecule has 1 heterocycles. The molecule has 0 bridgehead atoms. The first-order valence-electron chi connectivity index (χ1n) is 6.11. The number of anilines is 1. The average molecular weight is 285 g/mol. The topological polar surface area (TPSA) is 64.6 Å². The van der Waals surface area contributed by atoms with Gasteiger partial charge in [-0.15, -0.1) is 0 Å². The standard InChI is InChI=1S/C13H19NO4S/c1-13(2)17-8-11(9-18-13)14-10-5-4-6-12(7-10)19(3,15)16/h4-7,11,14H,8-9H2,1-3H3. The molecule has 0 unspecified atom stereocenters. The first kappa shape index (κ1) is 14.3. The highest BCUT2D eigenvalue weighted by atomic mass is 32.2. The van der Waals surface area contributed by atoms with Gasteiger partial charge in [0.05, 0.1) is 24.2 Å². The highest BCUT2D eigenvalue weighted by Gasteiger charge is 2.28. The van der Waals surface area contributed by atoms with Gasteiger partial charge in [0.1, 0.15) is 0 Å². The number of nitrogens with one attached hydrogen (secondary N) is 1. The molecule has 1 N–H and O–H groups in total. The van der Waals surface area contributed by atoms with Gasteiger partial charge < -0.3 is 14.8 Å². The lowest BCUT2D eigenvalue weighted by molar-refractivity contribution is -0.247. The second-order valence-corrected chi connectivity index (χ2v) is 7.18. The first-order valence-corrected chi connectivity index (χ1v) is 8.00. The molecule has 0 aromatic heterocycles.